The number of nitrogens with zero attached hydrogens (tertiary/aromatic N) is 3. The van der Waals surface area contributed by atoms with E-state index in [9.17, 15) is 17.0 Å². The summed E-state index contributed by atoms with van der Waals surface area (Å²) in [5, 5.41) is 0. The number of ether oxygens (including phenoxy) is 1. The van der Waals surface area contributed by atoms with Crippen LogP contribution in [0, 0.1) is 44.3 Å². The first kappa shape index (κ1) is 84.3. The van der Waals surface area contributed by atoms with Gasteiger partial charge in [-0.1, -0.05) is 183 Å². The van der Waals surface area contributed by atoms with Crippen molar-refractivity contribution in [2.75, 3.05) is 62.4 Å². The van der Waals surface area contributed by atoms with Crippen LogP contribution in [-0.4, -0.2) is 108 Å². The molecule has 83 heavy (non-hydrogen) atoms. The molecule has 7 fully saturated rings. The molecule has 2 saturated carbocycles. The largest absolute Gasteiger partial charge is 0.380 e. The van der Waals surface area contributed by atoms with Gasteiger partial charge in [-0.25, -0.2) is 21.4 Å². The molecule has 0 unspecified atom stereocenters. The standard InChI is InChI=1S/C12H22FNOS.C10H20.2C10H18.C9H17NO.C9H19N.C9H18O2S.4CH4/c1-11(2,3)12(13)6-8-16(15,9-7-12)14-10-4-5-10;3*1-10(2,3)9-7-5-4-6-8-9;1-8(2,3)10-4-9(5-10)6-11-7-9;1-9(2,3)10-7-5-4-6-8-10;1-9(2,3)8-4-6-12(10,11)7-5-8;;;;/h10H,4-9H2,1-3H3;9H,4-8H2,1-3H3;2*7H,4-6,8H2,1-3H3;4-7H2,1-3H3;4-8H2,1-3H3;8H,4-7H2,1-3H3;4*1H4. The van der Waals surface area contributed by atoms with Gasteiger partial charge in [-0.15, -0.1) is 0 Å². The van der Waals surface area contributed by atoms with Crippen LogP contribution in [0.4, 0.5) is 4.39 Å². The Balaban J connectivity index is 0. The van der Waals surface area contributed by atoms with Crippen molar-refractivity contribution in [1.29, 1.82) is 0 Å². The first-order valence-electron chi connectivity index (χ1n) is 32.6. The third-order valence-corrected chi connectivity index (χ3v) is 23.2. The first-order chi connectivity index (χ1) is 36.0. The molecular formula is C73H148FN3O4S2. The molecule has 498 valence electrons. The molecule has 0 aromatic heterocycles. The minimum Gasteiger partial charge on any atom is -0.380 e. The first-order valence-corrected chi connectivity index (χ1v) is 36.2. The molecule has 0 aromatic rings. The van der Waals surface area contributed by atoms with Gasteiger partial charge in [-0.2, -0.15) is 0 Å². The van der Waals surface area contributed by atoms with Gasteiger partial charge in [0.2, 0.25) is 0 Å². The minimum atomic E-state index is -2.68. The van der Waals surface area contributed by atoms with Gasteiger partial charge >= 0.3 is 0 Å². The number of allylic oxidation sites excluding steroid dienone is 4. The van der Waals surface area contributed by atoms with Crippen LogP contribution in [-0.2, 0) is 24.3 Å². The van der Waals surface area contributed by atoms with Gasteiger partial charge in [0.25, 0.3) is 0 Å². The summed E-state index contributed by atoms with van der Waals surface area (Å²) in [5.74, 6) is 3.29. The number of alkyl halides is 1. The Morgan fingerprint density at radius 2 is 0.880 bits per heavy atom. The number of hydrogen-bond acceptors (Lipinski definition) is 7. The molecule has 9 rings (SSSR count). The molecule has 0 amide bonds. The zero-order chi connectivity index (χ0) is 60.0. The van der Waals surface area contributed by atoms with Crippen molar-refractivity contribution in [3.63, 3.8) is 0 Å². The zero-order valence-electron chi connectivity index (χ0n) is 56.2. The average molecular weight is 1220 g/mol. The van der Waals surface area contributed by atoms with Crippen LogP contribution in [0.5, 0.6) is 0 Å². The van der Waals surface area contributed by atoms with E-state index in [2.05, 4.69) is 151 Å². The summed E-state index contributed by atoms with van der Waals surface area (Å²) in [6, 6.07) is 0.328. The number of rotatable bonds is 1. The SMILES string of the molecule is C.C.C.C.CC(C)(C)C1(F)CCS(=O)(=NC2CC2)CC1.CC(C)(C)C1=CCCCC1.CC(C)(C)C1=CCCCC1.CC(C)(C)C1CCCCC1.CC(C)(C)C1CCS(=O)(=O)CC1.CC(C)(C)N1CC2(COC2)C1.CC(C)(C)N1CCCCC1. The highest BCUT2D eigenvalue weighted by Crippen LogP contribution is 2.45. The number of likely N-dealkylation sites (tertiary alicyclic amines) is 2. The lowest BCUT2D eigenvalue weighted by molar-refractivity contribution is -0.207. The maximum atomic E-state index is 14.6. The normalized spacial score (nSPS) is 26.0. The smallest absolute Gasteiger partial charge is 0.150 e. The van der Waals surface area contributed by atoms with E-state index >= 15 is 0 Å². The summed E-state index contributed by atoms with van der Waals surface area (Å²) in [6.45, 7) is 54.2. The highest BCUT2D eigenvalue weighted by Gasteiger charge is 2.51. The molecule has 5 aliphatic heterocycles. The summed E-state index contributed by atoms with van der Waals surface area (Å²) in [6.07, 6.45) is 32.1. The molecule has 0 N–H and O–H groups in total. The number of sulfone groups is 1. The molecule has 9 aliphatic rings. The van der Waals surface area contributed by atoms with Gasteiger partial charge < -0.3 is 4.74 Å². The molecule has 10 heteroatoms. The van der Waals surface area contributed by atoms with Crippen LogP contribution < -0.4 is 0 Å². The Morgan fingerprint density at radius 1 is 0.494 bits per heavy atom. The van der Waals surface area contributed by atoms with Crippen molar-refractivity contribution in [3.05, 3.63) is 23.3 Å². The van der Waals surface area contributed by atoms with Crippen molar-refractivity contribution >= 4 is 19.6 Å². The molecular weight excluding hydrogens is 1070 g/mol. The van der Waals surface area contributed by atoms with Crippen molar-refractivity contribution in [1.82, 2.24) is 9.80 Å². The summed E-state index contributed by atoms with van der Waals surface area (Å²) in [4.78, 5) is 5.10. The Labute approximate surface area is 521 Å². The van der Waals surface area contributed by atoms with Crippen molar-refractivity contribution in [2.45, 2.75) is 339 Å². The molecule has 5 saturated heterocycles. The monoisotopic (exact) mass is 1210 g/mol. The number of hydrogen-bond donors (Lipinski definition) is 0. The van der Waals surface area contributed by atoms with Crippen LogP contribution in [0.1, 0.15) is 316 Å². The molecule has 0 bridgehead atoms. The summed E-state index contributed by atoms with van der Waals surface area (Å²) >= 11 is 0. The molecule has 0 aromatic carbocycles. The Morgan fingerprint density at radius 3 is 1.14 bits per heavy atom. The summed E-state index contributed by atoms with van der Waals surface area (Å²) in [5.41, 5.74) is 4.86. The van der Waals surface area contributed by atoms with Crippen LogP contribution >= 0.6 is 0 Å². The van der Waals surface area contributed by atoms with E-state index < -0.39 is 25.2 Å². The summed E-state index contributed by atoms with van der Waals surface area (Å²) in [7, 11) is -4.75. The third-order valence-electron chi connectivity index (χ3n) is 19.1. The van der Waals surface area contributed by atoms with Gasteiger partial charge in [-0.05, 0) is 209 Å². The maximum Gasteiger partial charge on any atom is 0.150 e. The second kappa shape index (κ2) is 35.0. The van der Waals surface area contributed by atoms with E-state index in [1.165, 1.54) is 129 Å². The maximum absolute atomic E-state index is 14.6. The fourth-order valence-electron chi connectivity index (χ4n) is 12.3. The molecule has 0 atom stereocenters. The lowest BCUT2D eigenvalue weighted by Gasteiger charge is -2.59. The van der Waals surface area contributed by atoms with E-state index in [-0.39, 0.29) is 40.5 Å². The van der Waals surface area contributed by atoms with Crippen LogP contribution in [0.2, 0.25) is 0 Å². The average Bonchev–Trinajstić information content (AvgIpc) is 4.13. The molecule has 4 aliphatic carbocycles. The van der Waals surface area contributed by atoms with Crippen LogP contribution in [0.15, 0.2) is 27.7 Å². The van der Waals surface area contributed by atoms with Gasteiger partial charge in [0.15, 0.2) is 0 Å². The van der Waals surface area contributed by atoms with Crippen molar-refractivity contribution in [2.24, 2.45) is 48.7 Å². The number of piperidine rings is 1. The highest BCUT2D eigenvalue weighted by atomic mass is 32.2. The third kappa shape index (κ3) is 31.0. The molecule has 5 heterocycles. The van der Waals surface area contributed by atoms with Gasteiger partial charge in [0.05, 0.1) is 30.8 Å². The predicted octanol–water partition coefficient (Wildman–Crippen LogP) is 21.6. The van der Waals surface area contributed by atoms with Crippen molar-refractivity contribution in [3.8, 4) is 0 Å². The topological polar surface area (TPSA) is 79.3 Å². The van der Waals surface area contributed by atoms with Gasteiger partial charge in [-0.3, -0.25) is 9.80 Å². The van der Waals surface area contributed by atoms with Crippen molar-refractivity contribution < 1.29 is 21.8 Å². The fourth-order valence-corrected chi connectivity index (χ4v) is 16.3. The number of halogens is 1. The van der Waals surface area contributed by atoms with E-state index in [4.69, 9.17) is 4.74 Å². The summed E-state index contributed by atoms with van der Waals surface area (Å²) < 4.78 is 58.8. The predicted molar refractivity (Wildman–Crippen MR) is 371 cm³/mol. The Kier molecular flexibility index (Phi) is 35.5. The quantitative estimate of drug-likeness (QED) is 0.243. The Hall–Kier alpha value is -0.810. The van der Waals surface area contributed by atoms with E-state index in [1.807, 2.05) is 20.8 Å². The van der Waals surface area contributed by atoms with Gasteiger partial charge in [0.1, 0.15) is 15.5 Å². The molecule has 7 nitrogen and oxygen atoms in total. The zero-order valence-corrected chi connectivity index (χ0v) is 57.8. The highest BCUT2D eigenvalue weighted by molar-refractivity contribution is 7.93. The second-order valence-corrected chi connectivity index (χ2v) is 38.3. The van der Waals surface area contributed by atoms with E-state index in [0.717, 1.165) is 44.8 Å². The van der Waals surface area contributed by atoms with Crippen LogP contribution in [0.3, 0.4) is 0 Å². The van der Waals surface area contributed by atoms with E-state index in [0.29, 0.717) is 80.6 Å². The lowest BCUT2D eigenvalue weighted by Crippen LogP contribution is -2.69. The molecule has 1 spiro atoms. The van der Waals surface area contributed by atoms with E-state index in [1.54, 1.807) is 11.1 Å². The molecule has 0 radical (unpaired) electrons. The Bertz CT molecular complexity index is 1980. The van der Waals surface area contributed by atoms with Crippen LogP contribution in [0.25, 0.3) is 0 Å². The minimum absolute atomic E-state index is 0. The van der Waals surface area contributed by atoms with Gasteiger partial charge in [0, 0.05) is 50.8 Å². The second-order valence-electron chi connectivity index (χ2n) is 33.4. The fraction of sp³-hybridized carbons (Fsp3) is 0.945. The lowest BCUT2D eigenvalue weighted by atomic mass is 9.72.